The fourth-order valence-electron chi connectivity index (χ4n) is 17.1. The van der Waals surface area contributed by atoms with Crippen molar-refractivity contribution in [1.29, 1.82) is 0 Å². The summed E-state index contributed by atoms with van der Waals surface area (Å²) in [6.07, 6.45) is -11.5. The zero-order valence-corrected chi connectivity index (χ0v) is 75.9. The Labute approximate surface area is 757 Å². The van der Waals surface area contributed by atoms with Gasteiger partial charge in [0.05, 0.1) is 70.5 Å². The molecule has 40 heteroatoms. The summed E-state index contributed by atoms with van der Waals surface area (Å²) in [4.78, 5) is 64.5. The van der Waals surface area contributed by atoms with Crippen molar-refractivity contribution in [3.63, 3.8) is 0 Å². The van der Waals surface area contributed by atoms with Gasteiger partial charge in [-0.1, -0.05) is 205 Å². The van der Waals surface area contributed by atoms with Gasteiger partial charge in [0, 0.05) is 33.6 Å². The van der Waals surface area contributed by atoms with Gasteiger partial charge < -0.3 is 175 Å². The van der Waals surface area contributed by atoms with E-state index < -0.39 is 278 Å². The highest BCUT2D eigenvalue weighted by atomic mass is 16.8. The molecule has 0 aromatic rings. The van der Waals surface area contributed by atoms with Crippen molar-refractivity contribution in [3.05, 3.63) is 24.3 Å². The number of rotatable bonds is 63. The van der Waals surface area contributed by atoms with Crippen molar-refractivity contribution in [2.24, 2.45) is 0 Å². The molecule has 4 amide bonds. The molecule has 0 saturated carbocycles. The molecule has 6 heterocycles. The van der Waals surface area contributed by atoms with Crippen LogP contribution >= 0.6 is 0 Å². The van der Waals surface area contributed by atoms with Crippen LogP contribution in [-0.2, 0) is 80.8 Å². The van der Waals surface area contributed by atoms with Gasteiger partial charge in [0.1, 0.15) is 140 Å². The van der Waals surface area contributed by atoms with E-state index in [9.17, 15) is 121 Å². The molecule has 0 aromatic carbocycles. The Morgan fingerprint density at radius 2 is 0.822 bits per heavy atom. The number of hydrogen-bond acceptors (Lipinski definition) is 35. The Bertz CT molecular complexity index is 3160. The van der Waals surface area contributed by atoms with E-state index in [4.69, 9.17) is 56.8 Å². The van der Waals surface area contributed by atoms with E-state index in [0.717, 1.165) is 85.0 Å². The molecule has 129 heavy (non-hydrogen) atoms. The molecule has 750 valence electrons. The van der Waals surface area contributed by atoms with Crippen LogP contribution in [0.5, 0.6) is 0 Å². The van der Waals surface area contributed by atoms with E-state index in [2.05, 4.69) is 47.3 Å². The van der Waals surface area contributed by atoms with Crippen LogP contribution in [0, 0.1) is 0 Å². The molecule has 6 aliphatic rings. The normalized spacial score (nSPS) is 34.3. The van der Waals surface area contributed by atoms with Crippen LogP contribution in [0.25, 0.3) is 0 Å². The molecular weight excluding hydrogens is 1700 g/mol. The second kappa shape index (κ2) is 61.0. The highest BCUT2D eigenvalue weighted by Crippen LogP contribution is 2.39. The van der Waals surface area contributed by atoms with Gasteiger partial charge in [0.2, 0.25) is 23.6 Å². The summed E-state index contributed by atoms with van der Waals surface area (Å²) in [5, 5.41) is 223. The fourth-order valence-corrected chi connectivity index (χ4v) is 17.1. The van der Waals surface area contributed by atoms with E-state index in [1.807, 2.05) is 6.08 Å². The molecule has 0 aromatic heterocycles. The molecule has 6 fully saturated rings. The number of aliphatic hydroxyl groups is 18. The summed E-state index contributed by atoms with van der Waals surface area (Å²) in [6.45, 7) is 0.650. The van der Waals surface area contributed by atoms with E-state index in [-0.39, 0.29) is 12.3 Å². The lowest BCUT2D eigenvalue weighted by molar-refractivity contribution is -0.385. The van der Waals surface area contributed by atoms with Crippen LogP contribution < -0.4 is 21.3 Å². The number of amides is 4. The Balaban J connectivity index is 1.15. The third-order valence-corrected chi connectivity index (χ3v) is 24.7. The highest BCUT2D eigenvalue weighted by molar-refractivity contribution is 5.77. The van der Waals surface area contributed by atoms with Crippen LogP contribution in [0.15, 0.2) is 24.3 Å². The lowest BCUT2D eigenvalue weighted by Gasteiger charge is -2.50. The number of aliphatic carboxylic acids is 1. The van der Waals surface area contributed by atoms with E-state index in [0.29, 0.717) is 12.8 Å². The van der Waals surface area contributed by atoms with Crippen LogP contribution in [0.4, 0.5) is 0 Å². The van der Waals surface area contributed by atoms with Crippen molar-refractivity contribution < 1.29 is 178 Å². The smallest absolute Gasteiger partial charge is 0.364 e. The number of allylic oxidation sites excluding steroid dienone is 3. The van der Waals surface area contributed by atoms with E-state index in [1.165, 1.54) is 135 Å². The summed E-state index contributed by atoms with van der Waals surface area (Å²) < 4.78 is 71.6. The second-order valence-electron chi connectivity index (χ2n) is 35.4. The number of carboxylic acid groups (broad SMARTS) is 1. The molecule has 6 aliphatic heterocycles. The lowest BCUT2D eigenvalue weighted by Crippen LogP contribution is -2.70. The number of carbonyl (C=O) groups is 5. The fraction of sp³-hybridized carbons (Fsp3) is 0.899. The summed E-state index contributed by atoms with van der Waals surface area (Å²) in [6, 6.07) is -6.31. The van der Waals surface area contributed by atoms with E-state index in [1.54, 1.807) is 6.08 Å². The van der Waals surface area contributed by atoms with Gasteiger partial charge in [-0.05, 0) is 44.9 Å². The van der Waals surface area contributed by atoms with Crippen molar-refractivity contribution in [1.82, 2.24) is 21.3 Å². The molecule has 0 spiro atoms. The van der Waals surface area contributed by atoms with Crippen molar-refractivity contribution in [3.8, 4) is 0 Å². The average molecular weight is 1860 g/mol. The summed E-state index contributed by atoms with van der Waals surface area (Å²) >= 11 is 0. The number of aliphatic hydroxyl groups excluding tert-OH is 18. The molecule has 33 atom stereocenters. The zero-order chi connectivity index (χ0) is 94.7. The number of unbranched alkanes of at least 4 members (excludes halogenated alkanes) is 30. The monoisotopic (exact) mass is 1860 g/mol. The minimum atomic E-state index is -3.03. The third kappa shape index (κ3) is 36.6. The topological polar surface area (TPSA) is 629 Å². The average Bonchev–Trinajstić information content (AvgIpc) is 0.766. The van der Waals surface area contributed by atoms with Gasteiger partial charge in [-0.15, -0.1) is 0 Å². The minimum absolute atomic E-state index is 0.131. The number of carboxylic acids is 1. The summed E-state index contributed by atoms with van der Waals surface area (Å²) in [5.74, 6) is -7.91. The number of carbonyl (C=O) groups excluding carboxylic acids is 4. The van der Waals surface area contributed by atoms with Crippen molar-refractivity contribution >= 4 is 29.6 Å². The lowest BCUT2D eigenvalue weighted by atomic mass is 9.88. The second-order valence-corrected chi connectivity index (χ2v) is 35.4. The van der Waals surface area contributed by atoms with Crippen molar-refractivity contribution in [2.45, 2.75) is 461 Å². The maximum Gasteiger partial charge on any atom is 0.364 e. The maximum atomic E-state index is 13.7. The molecular formula is C89H158N4O36. The molecule has 6 rings (SSSR count). The number of hydrogen-bond donors (Lipinski definition) is 23. The molecule has 0 bridgehead atoms. The summed E-state index contributed by atoms with van der Waals surface area (Å²) in [5.41, 5.74) is 0. The van der Waals surface area contributed by atoms with Crippen molar-refractivity contribution in [2.75, 3.05) is 46.2 Å². The Kier molecular flexibility index (Phi) is 53.6. The Morgan fingerprint density at radius 3 is 1.31 bits per heavy atom. The van der Waals surface area contributed by atoms with Crippen LogP contribution in [-0.4, -0.2) is 375 Å². The van der Waals surface area contributed by atoms with Gasteiger partial charge in [-0.3, -0.25) is 19.2 Å². The van der Waals surface area contributed by atoms with Crippen LogP contribution in [0.2, 0.25) is 0 Å². The standard InChI is InChI=1S/C89H158N4O36/c1-6-8-10-12-14-16-18-20-21-22-23-24-25-26-27-28-29-31-33-35-37-39-41-43-64(104)93-55(56(101)42-40-38-36-34-32-30-19-17-15-13-11-9-7-2)49-118-85-77(114)75(112)80(61(48-97)123-85)127-87-78(115)82(71(108)62(124-87)50-119-83-66(91-53(4)99)72(109)69(106)59(46-95)121-83)128-84-67(92-54(5)100)73(110)79(60(47-96)122-84)126-86-76(113)74(111)70(107)63(125-86)51-120-89(88(116)117)44-57(102)65(90-52(3)98)81(129-89)68(105)58(103)45-94/h20-21,40,42,55-63,65-87,94-97,101-103,105-115H,6-19,22-39,41,43-51H2,1-5H3,(H,90,98)(H,91,99)(H,92,100)(H,93,104)(H,116,117)/b21-20-,42-40+/t55-,56+,57?,58+,59?,60?,61?,62?,63?,65+,66?,67?,68+,69+,70-,71-,72+,73+,74-,75+,76?,77?,78?,79+,80+,81?,82-,83+,84-,85+,86-,87-,89+/m0/s1. The van der Waals surface area contributed by atoms with Crippen LogP contribution in [0.1, 0.15) is 259 Å². The first kappa shape index (κ1) is 113. The highest BCUT2D eigenvalue weighted by Gasteiger charge is 2.60. The minimum Gasteiger partial charge on any atom is -0.477 e. The first-order valence-electron chi connectivity index (χ1n) is 47.2. The first-order chi connectivity index (χ1) is 61.8. The predicted octanol–water partition coefficient (Wildman–Crippen LogP) is -0.178. The molecule has 0 radical (unpaired) electrons. The molecule has 40 nitrogen and oxygen atoms in total. The van der Waals surface area contributed by atoms with Gasteiger partial charge in [-0.2, -0.15) is 0 Å². The molecule has 0 aliphatic carbocycles. The molecule has 6 saturated heterocycles. The predicted molar refractivity (Wildman–Crippen MR) is 459 cm³/mol. The van der Waals surface area contributed by atoms with Gasteiger partial charge >= 0.3 is 5.97 Å². The Morgan fingerprint density at radius 1 is 0.411 bits per heavy atom. The number of ether oxygens (including phenoxy) is 12. The summed E-state index contributed by atoms with van der Waals surface area (Å²) in [7, 11) is 0. The molecule has 12 unspecified atom stereocenters. The third-order valence-electron chi connectivity index (χ3n) is 24.7. The SMILES string of the molecule is CCCCCCCC/C=C\CCCCCCCCCCCCCCCC(=O)N[C@@H](CO[C@@H]1OC(CO)[C@@H](O[C@@H]2OC(CO[C@@H]3OC(CO)[C@@H](O)[C@H](O)C3NC(C)=O)[C@H](O)[C@H](O[C@@H]3OC(CO)[C@@H](O[C@@H]4OC(CO[C@]5(C(=O)O)CC(O)[C@@H](NC(C)=O)C([C@H](O)[C@H](O)CO)O5)[C@H](O)[C@H](O)C4O)[C@H](O)C3NC(C)=O)C2O)[C@H](O)C1O)[C@H](O)/C=C/CCCCCCCCCCCCC. The van der Waals surface area contributed by atoms with Gasteiger partial charge in [-0.25, -0.2) is 4.79 Å². The Hall–Kier alpha value is -4.37. The van der Waals surface area contributed by atoms with E-state index >= 15 is 0 Å². The van der Waals surface area contributed by atoms with Gasteiger partial charge in [0.15, 0.2) is 31.5 Å². The molecule has 23 N–H and O–H groups in total. The quantitative estimate of drug-likeness (QED) is 0.0277. The maximum absolute atomic E-state index is 13.7. The van der Waals surface area contributed by atoms with Gasteiger partial charge in [0.25, 0.3) is 5.79 Å². The largest absolute Gasteiger partial charge is 0.477 e. The zero-order valence-electron chi connectivity index (χ0n) is 75.9. The number of nitrogens with one attached hydrogen (secondary N) is 4. The van der Waals surface area contributed by atoms with Crippen LogP contribution in [0.3, 0.4) is 0 Å². The first-order valence-corrected chi connectivity index (χ1v) is 47.2.